The van der Waals surface area contributed by atoms with E-state index >= 15 is 0 Å². The van der Waals surface area contributed by atoms with Gasteiger partial charge in [0, 0.05) is 12.0 Å². The van der Waals surface area contributed by atoms with Gasteiger partial charge < -0.3 is 10.1 Å². The Bertz CT molecular complexity index is 448. The first-order chi connectivity index (χ1) is 9.03. The molecule has 1 fully saturated rings. The smallest absolute Gasteiger partial charge is 0.173 e. The predicted octanol–water partition coefficient (Wildman–Crippen LogP) is 3.05. The van der Waals surface area contributed by atoms with Crippen LogP contribution in [0.15, 0.2) is 24.3 Å². The van der Waals surface area contributed by atoms with E-state index in [4.69, 9.17) is 4.74 Å². The van der Waals surface area contributed by atoms with E-state index in [1.807, 2.05) is 45.0 Å². The Morgan fingerprint density at radius 1 is 1.37 bits per heavy atom. The van der Waals surface area contributed by atoms with Gasteiger partial charge in [-0.3, -0.25) is 4.79 Å². The van der Waals surface area contributed by atoms with E-state index in [1.165, 1.54) is 0 Å². The molecule has 3 heteroatoms. The van der Waals surface area contributed by atoms with Crippen LogP contribution in [0.25, 0.3) is 0 Å². The molecule has 19 heavy (non-hydrogen) atoms. The molecule has 1 aromatic carbocycles. The molecule has 0 aromatic heterocycles. The van der Waals surface area contributed by atoms with Gasteiger partial charge in [0.15, 0.2) is 5.78 Å². The van der Waals surface area contributed by atoms with E-state index in [0.29, 0.717) is 11.3 Å². The van der Waals surface area contributed by atoms with Crippen LogP contribution < -0.4 is 10.1 Å². The zero-order chi connectivity index (χ0) is 13.9. The fraction of sp³-hybridized carbons (Fsp3) is 0.562. The topological polar surface area (TPSA) is 38.3 Å². The number of carbonyl (C=O) groups excluding carboxylic acids is 1. The maximum atomic E-state index is 12.8. The van der Waals surface area contributed by atoms with Gasteiger partial charge in [0.05, 0.1) is 11.7 Å². The van der Waals surface area contributed by atoms with Crippen LogP contribution in [-0.2, 0) is 0 Å². The van der Waals surface area contributed by atoms with E-state index in [9.17, 15) is 4.79 Å². The largest absolute Gasteiger partial charge is 0.490 e. The van der Waals surface area contributed by atoms with Crippen molar-refractivity contribution in [2.45, 2.75) is 39.7 Å². The summed E-state index contributed by atoms with van der Waals surface area (Å²) in [4.78, 5) is 12.8. The monoisotopic (exact) mass is 261 g/mol. The first-order valence-corrected chi connectivity index (χ1v) is 7.04. The Kier molecular flexibility index (Phi) is 4.25. The number of carbonyl (C=O) groups is 1. The van der Waals surface area contributed by atoms with Crippen molar-refractivity contribution in [3.05, 3.63) is 29.8 Å². The number of hydrogen-bond donors (Lipinski definition) is 1. The molecule has 1 atom stereocenters. The van der Waals surface area contributed by atoms with Crippen molar-refractivity contribution in [3.63, 3.8) is 0 Å². The van der Waals surface area contributed by atoms with Crippen LogP contribution in [0.3, 0.4) is 0 Å². The van der Waals surface area contributed by atoms with Crippen LogP contribution in [0.5, 0.6) is 5.75 Å². The Morgan fingerprint density at radius 2 is 2.11 bits per heavy atom. The third kappa shape index (κ3) is 3.16. The molecule has 1 unspecified atom stereocenters. The van der Waals surface area contributed by atoms with Crippen LogP contribution in [0, 0.1) is 5.41 Å². The highest BCUT2D eigenvalue weighted by Crippen LogP contribution is 2.33. The fourth-order valence-electron chi connectivity index (χ4n) is 2.59. The maximum absolute atomic E-state index is 12.8. The molecular formula is C16H23NO2. The van der Waals surface area contributed by atoms with Crippen LogP contribution in [0.4, 0.5) is 0 Å². The third-order valence-corrected chi connectivity index (χ3v) is 3.64. The second-order valence-corrected chi connectivity index (χ2v) is 5.83. The van der Waals surface area contributed by atoms with Gasteiger partial charge in [-0.15, -0.1) is 0 Å². The highest BCUT2D eigenvalue weighted by molar-refractivity contribution is 6.02. The van der Waals surface area contributed by atoms with Gasteiger partial charge in [0.2, 0.25) is 0 Å². The number of hydrogen-bond acceptors (Lipinski definition) is 3. The summed E-state index contributed by atoms with van der Waals surface area (Å²) in [6.07, 6.45) is 2.07. The lowest BCUT2D eigenvalue weighted by Crippen LogP contribution is -2.43. The highest BCUT2D eigenvalue weighted by atomic mass is 16.5. The van der Waals surface area contributed by atoms with Crippen molar-refractivity contribution >= 4 is 5.78 Å². The molecule has 3 nitrogen and oxygen atoms in total. The summed E-state index contributed by atoms with van der Waals surface area (Å²) in [7, 11) is 0. The van der Waals surface area contributed by atoms with Gasteiger partial charge in [-0.25, -0.2) is 0 Å². The van der Waals surface area contributed by atoms with Crippen LogP contribution in [-0.4, -0.2) is 25.0 Å². The van der Waals surface area contributed by atoms with Crippen molar-refractivity contribution in [2.75, 3.05) is 13.1 Å². The van der Waals surface area contributed by atoms with Crippen molar-refractivity contribution in [1.82, 2.24) is 5.32 Å². The van der Waals surface area contributed by atoms with Gasteiger partial charge in [-0.2, -0.15) is 0 Å². The summed E-state index contributed by atoms with van der Waals surface area (Å²) in [5, 5.41) is 3.32. The standard InChI is InChI=1S/C16H23NO2/c1-12(2)19-14-8-5-4-7-13(14)15(18)16(3)9-6-10-17-11-16/h4-5,7-8,12,17H,6,9-11H2,1-3H3. The zero-order valence-electron chi connectivity index (χ0n) is 12.0. The van der Waals surface area contributed by atoms with Gasteiger partial charge in [0.1, 0.15) is 5.75 Å². The number of rotatable bonds is 4. The lowest BCUT2D eigenvalue weighted by Gasteiger charge is -2.33. The molecule has 1 N–H and O–H groups in total. The number of ether oxygens (including phenoxy) is 1. The third-order valence-electron chi connectivity index (χ3n) is 3.64. The van der Waals surface area contributed by atoms with E-state index < -0.39 is 0 Å². The van der Waals surface area contributed by atoms with Gasteiger partial charge in [-0.05, 0) is 45.4 Å². The summed E-state index contributed by atoms with van der Waals surface area (Å²) < 4.78 is 5.76. The number of para-hydroxylation sites is 1. The lowest BCUT2D eigenvalue weighted by atomic mass is 9.76. The molecule has 0 amide bonds. The number of piperidine rings is 1. The Morgan fingerprint density at radius 3 is 2.74 bits per heavy atom. The minimum atomic E-state index is -0.311. The highest BCUT2D eigenvalue weighted by Gasteiger charge is 2.36. The molecule has 0 spiro atoms. The average Bonchev–Trinajstić information content (AvgIpc) is 2.39. The quantitative estimate of drug-likeness (QED) is 0.847. The summed E-state index contributed by atoms with van der Waals surface area (Å²) in [5.74, 6) is 0.894. The SMILES string of the molecule is CC(C)Oc1ccccc1C(=O)C1(C)CCCNC1. The molecule has 1 aliphatic heterocycles. The van der Waals surface area contributed by atoms with Crippen LogP contribution in [0.2, 0.25) is 0 Å². The normalized spacial score (nSPS) is 23.4. The second-order valence-electron chi connectivity index (χ2n) is 5.83. The number of Topliss-reactive ketones (excluding diaryl/α,β-unsaturated/α-hetero) is 1. The Labute approximate surface area is 115 Å². The molecule has 0 saturated carbocycles. The molecule has 1 aromatic rings. The van der Waals surface area contributed by atoms with E-state index in [1.54, 1.807) is 0 Å². The summed E-state index contributed by atoms with van der Waals surface area (Å²) >= 11 is 0. The first-order valence-electron chi connectivity index (χ1n) is 7.04. The van der Waals surface area contributed by atoms with E-state index in [2.05, 4.69) is 5.32 Å². The molecule has 2 rings (SSSR count). The molecule has 0 aliphatic carbocycles. The molecule has 1 heterocycles. The molecule has 1 aliphatic rings. The lowest BCUT2D eigenvalue weighted by molar-refractivity contribution is 0.0767. The number of benzene rings is 1. The van der Waals surface area contributed by atoms with Gasteiger partial charge in [-0.1, -0.05) is 19.1 Å². The van der Waals surface area contributed by atoms with Crippen LogP contribution in [0.1, 0.15) is 44.0 Å². The molecular weight excluding hydrogens is 238 g/mol. The van der Waals surface area contributed by atoms with E-state index in [-0.39, 0.29) is 17.3 Å². The predicted molar refractivity (Wildman–Crippen MR) is 76.7 cm³/mol. The molecule has 0 bridgehead atoms. The maximum Gasteiger partial charge on any atom is 0.173 e. The summed E-state index contributed by atoms with van der Waals surface area (Å²) in [6.45, 7) is 7.76. The second kappa shape index (κ2) is 5.74. The van der Waals surface area contributed by atoms with Gasteiger partial charge in [0.25, 0.3) is 0 Å². The summed E-state index contributed by atoms with van der Waals surface area (Å²) in [5.41, 5.74) is 0.400. The minimum Gasteiger partial charge on any atom is -0.490 e. The van der Waals surface area contributed by atoms with Crippen molar-refractivity contribution in [1.29, 1.82) is 0 Å². The Hall–Kier alpha value is -1.35. The molecule has 0 radical (unpaired) electrons. The van der Waals surface area contributed by atoms with Crippen molar-refractivity contribution in [3.8, 4) is 5.75 Å². The molecule has 1 saturated heterocycles. The number of ketones is 1. The van der Waals surface area contributed by atoms with Gasteiger partial charge >= 0.3 is 0 Å². The van der Waals surface area contributed by atoms with Crippen molar-refractivity contribution < 1.29 is 9.53 Å². The summed E-state index contributed by atoms with van der Waals surface area (Å²) in [6, 6.07) is 7.57. The minimum absolute atomic E-state index is 0.0752. The zero-order valence-corrected chi connectivity index (χ0v) is 12.0. The Balaban J connectivity index is 2.27. The van der Waals surface area contributed by atoms with Crippen molar-refractivity contribution in [2.24, 2.45) is 5.41 Å². The fourth-order valence-corrected chi connectivity index (χ4v) is 2.59. The average molecular weight is 261 g/mol. The number of nitrogens with one attached hydrogen (secondary N) is 1. The molecule has 104 valence electrons. The van der Waals surface area contributed by atoms with E-state index in [0.717, 1.165) is 25.9 Å². The first kappa shape index (κ1) is 14.1. The van der Waals surface area contributed by atoms with Crippen LogP contribution >= 0.6 is 0 Å².